The molecule has 0 aliphatic carbocycles. The maximum absolute atomic E-state index is 13.7. The van der Waals surface area contributed by atoms with E-state index in [9.17, 15) is 9.59 Å². The lowest BCUT2D eigenvalue weighted by molar-refractivity contribution is -0.139. The molecule has 1 N–H and O–H groups in total. The van der Waals surface area contributed by atoms with Gasteiger partial charge in [0.25, 0.3) is 0 Å². The highest BCUT2D eigenvalue weighted by molar-refractivity contribution is 7.99. The standard InChI is InChI=1S/C30H34Cl2N2O2S/c1-20(2)33-30(36)28(15-23-8-6-5-7-9-23)34(17-25-10-11-26(31)16-27(25)32)29(35)19-37-18-24-13-21(3)12-22(4)14-24/h5-14,16,20,28H,15,17-19H2,1-4H3,(H,33,36)/t28-/m0/s1. The summed E-state index contributed by atoms with van der Waals surface area (Å²) in [6.45, 7) is 8.19. The van der Waals surface area contributed by atoms with Gasteiger partial charge >= 0.3 is 0 Å². The molecule has 0 aliphatic heterocycles. The van der Waals surface area contributed by atoms with Gasteiger partial charge in [0.1, 0.15) is 6.04 Å². The van der Waals surface area contributed by atoms with Crippen molar-refractivity contribution < 1.29 is 9.59 Å². The number of thioether (sulfide) groups is 1. The number of nitrogens with one attached hydrogen (secondary N) is 1. The van der Waals surface area contributed by atoms with Crippen LogP contribution in [0.5, 0.6) is 0 Å². The Morgan fingerprint density at radius 1 is 0.919 bits per heavy atom. The van der Waals surface area contributed by atoms with Crippen molar-refractivity contribution in [2.75, 3.05) is 5.75 Å². The Bertz CT molecular complexity index is 1200. The Hall–Kier alpha value is -2.47. The van der Waals surface area contributed by atoms with Crippen molar-refractivity contribution in [2.45, 2.75) is 58.5 Å². The molecule has 4 nitrogen and oxygen atoms in total. The maximum atomic E-state index is 13.7. The van der Waals surface area contributed by atoms with Crippen LogP contribution < -0.4 is 5.32 Å². The highest BCUT2D eigenvalue weighted by Crippen LogP contribution is 2.25. The van der Waals surface area contributed by atoms with Crippen LogP contribution >= 0.6 is 35.0 Å². The Kier molecular flexibility index (Phi) is 10.9. The molecule has 1 atom stereocenters. The fraction of sp³-hybridized carbons (Fsp3) is 0.333. The Balaban J connectivity index is 1.88. The Morgan fingerprint density at radius 2 is 1.59 bits per heavy atom. The van der Waals surface area contributed by atoms with Gasteiger partial charge in [-0.2, -0.15) is 0 Å². The first-order chi connectivity index (χ1) is 17.6. The maximum Gasteiger partial charge on any atom is 0.243 e. The van der Waals surface area contributed by atoms with Crippen molar-refractivity contribution in [1.29, 1.82) is 0 Å². The zero-order chi connectivity index (χ0) is 26.9. The highest BCUT2D eigenvalue weighted by Gasteiger charge is 2.31. The summed E-state index contributed by atoms with van der Waals surface area (Å²) in [5.74, 6) is 0.667. The van der Waals surface area contributed by atoms with Crippen LogP contribution in [0.3, 0.4) is 0 Å². The number of halogens is 2. The molecule has 0 heterocycles. The molecule has 0 unspecified atom stereocenters. The van der Waals surface area contributed by atoms with Crippen molar-refractivity contribution in [1.82, 2.24) is 10.2 Å². The summed E-state index contributed by atoms with van der Waals surface area (Å²) in [6.07, 6.45) is 0.401. The third-order valence-corrected chi connectivity index (χ3v) is 7.41. The summed E-state index contributed by atoms with van der Waals surface area (Å²) in [5.41, 5.74) is 5.31. The molecule has 196 valence electrons. The smallest absolute Gasteiger partial charge is 0.243 e. The van der Waals surface area contributed by atoms with Crippen molar-refractivity contribution >= 4 is 46.8 Å². The second-order valence-electron chi connectivity index (χ2n) is 9.61. The largest absolute Gasteiger partial charge is 0.352 e. The highest BCUT2D eigenvalue weighted by atomic mass is 35.5. The minimum Gasteiger partial charge on any atom is -0.352 e. The summed E-state index contributed by atoms with van der Waals surface area (Å²) >= 11 is 14.2. The van der Waals surface area contributed by atoms with Crippen LogP contribution in [-0.2, 0) is 28.3 Å². The van der Waals surface area contributed by atoms with Crippen LogP contribution in [0.1, 0.15) is 41.7 Å². The molecule has 0 aromatic heterocycles. The average Bonchev–Trinajstić information content (AvgIpc) is 2.82. The number of benzene rings is 3. The van der Waals surface area contributed by atoms with Gasteiger partial charge in [-0.05, 0) is 56.5 Å². The van der Waals surface area contributed by atoms with E-state index in [1.165, 1.54) is 16.7 Å². The minimum atomic E-state index is -0.689. The summed E-state index contributed by atoms with van der Waals surface area (Å²) in [6, 6.07) is 20.7. The van der Waals surface area contributed by atoms with E-state index in [0.717, 1.165) is 11.1 Å². The van der Waals surface area contributed by atoms with Gasteiger partial charge < -0.3 is 10.2 Å². The molecule has 2 amide bonds. The molecule has 0 saturated heterocycles. The SMILES string of the molecule is Cc1cc(C)cc(CSCC(=O)N(Cc2ccc(Cl)cc2Cl)[C@@H](Cc2ccccc2)C(=O)NC(C)C)c1. The van der Waals surface area contributed by atoms with Gasteiger partial charge in [-0.3, -0.25) is 9.59 Å². The number of rotatable bonds is 11. The number of aryl methyl sites for hydroxylation is 2. The number of hydrogen-bond acceptors (Lipinski definition) is 3. The Labute approximate surface area is 234 Å². The predicted octanol–water partition coefficient (Wildman–Crippen LogP) is 7.01. The molecule has 0 saturated carbocycles. The number of hydrogen-bond donors (Lipinski definition) is 1. The fourth-order valence-corrected chi connectivity index (χ4v) is 5.57. The molecule has 0 aliphatic rings. The lowest BCUT2D eigenvalue weighted by Gasteiger charge is -2.32. The number of amides is 2. The Morgan fingerprint density at radius 3 is 2.22 bits per heavy atom. The van der Waals surface area contributed by atoms with E-state index >= 15 is 0 Å². The monoisotopic (exact) mass is 556 g/mol. The van der Waals surface area contributed by atoms with Crippen LogP contribution in [0.4, 0.5) is 0 Å². The van der Waals surface area contributed by atoms with Crippen molar-refractivity contribution in [3.05, 3.63) is 105 Å². The van der Waals surface area contributed by atoms with Gasteiger partial charge in [0.05, 0.1) is 5.75 Å². The number of carbonyl (C=O) groups is 2. The quantitative estimate of drug-likeness (QED) is 0.276. The van der Waals surface area contributed by atoms with Crippen molar-refractivity contribution in [2.24, 2.45) is 0 Å². The van der Waals surface area contributed by atoms with E-state index in [1.54, 1.807) is 28.8 Å². The van der Waals surface area contributed by atoms with Crippen LogP contribution in [0.2, 0.25) is 10.0 Å². The summed E-state index contributed by atoms with van der Waals surface area (Å²) < 4.78 is 0. The zero-order valence-corrected chi connectivity index (χ0v) is 24.1. The molecule has 0 spiro atoms. The van der Waals surface area contributed by atoms with E-state index in [0.29, 0.717) is 22.2 Å². The second-order valence-corrected chi connectivity index (χ2v) is 11.4. The molecule has 0 fully saturated rings. The molecular formula is C30H34Cl2N2O2S. The topological polar surface area (TPSA) is 49.4 Å². The lowest BCUT2D eigenvalue weighted by atomic mass is 10.0. The molecule has 0 bridgehead atoms. The molecule has 3 aromatic carbocycles. The van der Waals surface area contributed by atoms with Crippen LogP contribution in [0.15, 0.2) is 66.7 Å². The van der Waals surface area contributed by atoms with Gasteiger partial charge in [0.2, 0.25) is 11.8 Å². The normalized spacial score (nSPS) is 11.9. The summed E-state index contributed by atoms with van der Waals surface area (Å²) in [5, 5.41) is 4.00. The number of nitrogens with zero attached hydrogens (tertiary/aromatic N) is 1. The van der Waals surface area contributed by atoms with E-state index in [-0.39, 0.29) is 30.2 Å². The van der Waals surface area contributed by atoms with Gasteiger partial charge in [-0.1, -0.05) is 88.9 Å². The average molecular weight is 558 g/mol. The first kappa shape index (κ1) is 29.1. The molecule has 0 radical (unpaired) electrons. The molecule has 37 heavy (non-hydrogen) atoms. The second kappa shape index (κ2) is 13.9. The predicted molar refractivity (Wildman–Crippen MR) is 156 cm³/mol. The lowest BCUT2D eigenvalue weighted by Crippen LogP contribution is -2.52. The number of carbonyl (C=O) groups excluding carboxylic acids is 2. The fourth-order valence-electron chi connectivity index (χ4n) is 4.26. The van der Waals surface area contributed by atoms with Crippen LogP contribution in [0, 0.1) is 13.8 Å². The summed E-state index contributed by atoms with van der Waals surface area (Å²) in [4.78, 5) is 28.8. The molecule has 3 rings (SSSR count). The van der Waals surface area contributed by atoms with Crippen LogP contribution in [-0.4, -0.2) is 34.6 Å². The summed E-state index contributed by atoms with van der Waals surface area (Å²) in [7, 11) is 0. The van der Waals surface area contributed by atoms with E-state index in [4.69, 9.17) is 23.2 Å². The first-order valence-electron chi connectivity index (χ1n) is 12.3. The van der Waals surface area contributed by atoms with Gasteiger partial charge in [0, 0.05) is 34.8 Å². The molecule has 3 aromatic rings. The van der Waals surface area contributed by atoms with E-state index < -0.39 is 6.04 Å². The third-order valence-electron chi connectivity index (χ3n) is 5.83. The third kappa shape index (κ3) is 9.10. The molecule has 7 heteroatoms. The van der Waals surface area contributed by atoms with Gasteiger partial charge in [-0.15, -0.1) is 11.8 Å². The first-order valence-corrected chi connectivity index (χ1v) is 14.3. The van der Waals surface area contributed by atoms with Gasteiger partial charge in [0.15, 0.2) is 0 Å². The van der Waals surface area contributed by atoms with Crippen molar-refractivity contribution in [3.8, 4) is 0 Å². The van der Waals surface area contributed by atoms with E-state index in [1.807, 2.05) is 50.2 Å². The zero-order valence-electron chi connectivity index (χ0n) is 21.8. The van der Waals surface area contributed by atoms with E-state index in [2.05, 4.69) is 37.4 Å². The van der Waals surface area contributed by atoms with Crippen molar-refractivity contribution in [3.63, 3.8) is 0 Å². The van der Waals surface area contributed by atoms with Gasteiger partial charge in [-0.25, -0.2) is 0 Å². The minimum absolute atomic E-state index is 0.0548. The molecular weight excluding hydrogens is 523 g/mol. The van der Waals surface area contributed by atoms with Crippen LogP contribution in [0.25, 0.3) is 0 Å².